The topological polar surface area (TPSA) is 35.5 Å². The van der Waals surface area contributed by atoms with E-state index in [0.717, 1.165) is 12.1 Å². The van der Waals surface area contributed by atoms with E-state index in [1.54, 1.807) is 26.0 Å². The largest absolute Gasteiger partial charge is 0.373 e. The van der Waals surface area contributed by atoms with Gasteiger partial charge in [0.15, 0.2) is 0 Å². The molecule has 0 bridgehead atoms. The van der Waals surface area contributed by atoms with Crippen LogP contribution in [0.25, 0.3) is 0 Å². The first-order valence-electron chi connectivity index (χ1n) is 6.92. The Morgan fingerprint density at radius 3 is 2.10 bits per heavy atom. The lowest BCUT2D eigenvalue weighted by atomic mass is 10.2. The van der Waals surface area contributed by atoms with Crippen molar-refractivity contribution < 1.29 is 14.6 Å². The maximum atomic E-state index is 11.7. The highest BCUT2D eigenvalue weighted by Crippen LogP contribution is 2.17. The van der Waals surface area contributed by atoms with Crippen LogP contribution in [0.1, 0.15) is 38.1 Å². The van der Waals surface area contributed by atoms with Gasteiger partial charge in [0.25, 0.3) is 0 Å². The normalized spacial score (nSPS) is 11.4. The summed E-state index contributed by atoms with van der Waals surface area (Å²) in [5.74, 6) is -0.475. The SMILES string of the molecule is C=C[Si](CC)(CC)c1ccc(C(=O)OO[C](C)C)cc1. The third-order valence-corrected chi connectivity index (χ3v) is 8.42. The van der Waals surface area contributed by atoms with Gasteiger partial charge in [-0.3, -0.25) is 4.89 Å². The minimum atomic E-state index is -1.61. The third-order valence-electron chi connectivity index (χ3n) is 3.63. The maximum Gasteiger partial charge on any atom is 0.373 e. The van der Waals surface area contributed by atoms with Crippen molar-refractivity contribution in [2.75, 3.05) is 0 Å². The van der Waals surface area contributed by atoms with Crippen LogP contribution < -0.4 is 5.19 Å². The van der Waals surface area contributed by atoms with Crippen molar-refractivity contribution in [2.45, 2.75) is 39.8 Å². The molecule has 4 heteroatoms. The van der Waals surface area contributed by atoms with Crippen molar-refractivity contribution in [3.05, 3.63) is 48.2 Å². The van der Waals surface area contributed by atoms with E-state index in [0.29, 0.717) is 11.7 Å². The summed E-state index contributed by atoms with van der Waals surface area (Å²) in [7, 11) is -1.61. The molecule has 0 aliphatic carbocycles. The first-order valence-corrected chi connectivity index (χ1v) is 9.41. The van der Waals surface area contributed by atoms with E-state index in [2.05, 4.69) is 26.1 Å². The Morgan fingerprint density at radius 2 is 1.70 bits per heavy atom. The van der Waals surface area contributed by atoms with Crippen molar-refractivity contribution in [1.82, 2.24) is 0 Å². The first kappa shape index (κ1) is 16.7. The van der Waals surface area contributed by atoms with E-state index in [1.165, 1.54) is 5.19 Å². The second-order valence-corrected chi connectivity index (χ2v) is 9.72. The molecule has 0 amide bonds. The summed E-state index contributed by atoms with van der Waals surface area (Å²) in [6.45, 7) is 11.9. The monoisotopic (exact) mass is 291 g/mol. The smallest absolute Gasteiger partial charge is 0.292 e. The molecule has 0 N–H and O–H groups in total. The van der Waals surface area contributed by atoms with E-state index in [4.69, 9.17) is 9.78 Å². The average molecular weight is 291 g/mol. The Labute approximate surface area is 122 Å². The van der Waals surface area contributed by atoms with Crippen LogP contribution in [0.15, 0.2) is 36.5 Å². The number of hydrogen-bond donors (Lipinski definition) is 0. The zero-order chi connectivity index (χ0) is 15.2. The van der Waals surface area contributed by atoms with Crippen LogP contribution in [0, 0.1) is 6.10 Å². The van der Waals surface area contributed by atoms with E-state index in [9.17, 15) is 4.79 Å². The van der Waals surface area contributed by atoms with Gasteiger partial charge in [0.1, 0.15) is 14.2 Å². The Kier molecular flexibility index (Phi) is 6.17. The first-order chi connectivity index (χ1) is 9.49. The summed E-state index contributed by atoms with van der Waals surface area (Å²) in [6, 6.07) is 9.85. The molecule has 1 aromatic carbocycles. The molecule has 0 unspecified atom stereocenters. The van der Waals surface area contributed by atoms with Crippen molar-refractivity contribution in [3.63, 3.8) is 0 Å². The fraction of sp³-hybridized carbons (Fsp3) is 0.375. The fourth-order valence-electron chi connectivity index (χ4n) is 2.17. The molecule has 0 spiro atoms. The van der Waals surface area contributed by atoms with Gasteiger partial charge in [-0.15, -0.1) is 6.58 Å². The second kappa shape index (κ2) is 7.41. The van der Waals surface area contributed by atoms with Gasteiger partial charge in [-0.2, -0.15) is 4.89 Å². The van der Waals surface area contributed by atoms with Crippen LogP contribution in [0.5, 0.6) is 0 Å². The lowest BCUT2D eigenvalue weighted by Gasteiger charge is -2.25. The van der Waals surface area contributed by atoms with Crippen LogP contribution in [0.2, 0.25) is 12.1 Å². The maximum absolute atomic E-state index is 11.7. The molecule has 1 aromatic rings. The Balaban J connectivity index is 2.88. The molecule has 0 heterocycles. The number of rotatable bonds is 7. The van der Waals surface area contributed by atoms with Gasteiger partial charge in [-0.25, -0.2) is 4.79 Å². The van der Waals surface area contributed by atoms with Crippen LogP contribution in [0.4, 0.5) is 0 Å². The van der Waals surface area contributed by atoms with Crippen LogP contribution >= 0.6 is 0 Å². The quantitative estimate of drug-likeness (QED) is 0.436. The molecular formula is C16H23O3Si. The van der Waals surface area contributed by atoms with Gasteiger partial charge >= 0.3 is 5.97 Å². The number of hydrogen-bond acceptors (Lipinski definition) is 3. The lowest BCUT2D eigenvalue weighted by molar-refractivity contribution is -0.229. The average Bonchev–Trinajstić information content (AvgIpc) is 2.48. The molecule has 0 aliphatic rings. The van der Waals surface area contributed by atoms with E-state index in [-0.39, 0.29) is 0 Å². The number of benzene rings is 1. The number of carbonyl (C=O) groups is 1. The Hall–Kier alpha value is -1.39. The van der Waals surface area contributed by atoms with Gasteiger partial charge in [0.2, 0.25) is 0 Å². The van der Waals surface area contributed by atoms with Gasteiger partial charge in [-0.1, -0.05) is 49.0 Å². The summed E-state index contributed by atoms with van der Waals surface area (Å²) >= 11 is 0. The van der Waals surface area contributed by atoms with Gasteiger partial charge < -0.3 is 0 Å². The number of carbonyl (C=O) groups excluding carboxylic acids is 1. The molecule has 1 rings (SSSR count). The predicted octanol–water partition coefficient (Wildman–Crippen LogP) is 3.77. The summed E-state index contributed by atoms with van der Waals surface area (Å²) in [6.07, 6.45) is 0.588. The highest BCUT2D eigenvalue weighted by Gasteiger charge is 2.27. The zero-order valence-electron chi connectivity index (χ0n) is 12.7. The molecule has 0 aromatic heterocycles. The van der Waals surface area contributed by atoms with Crippen LogP contribution in [-0.4, -0.2) is 14.0 Å². The lowest BCUT2D eigenvalue weighted by Crippen LogP contribution is -2.44. The van der Waals surface area contributed by atoms with E-state index < -0.39 is 14.0 Å². The van der Waals surface area contributed by atoms with Gasteiger partial charge in [0.05, 0.1) is 5.56 Å². The van der Waals surface area contributed by atoms with Crippen molar-refractivity contribution in [3.8, 4) is 0 Å². The zero-order valence-corrected chi connectivity index (χ0v) is 13.7. The molecule has 0 aliphatic heterocycles. The molecule has 0 saturated heterocycles. The van der Waals surface area contributed by atoms with Crippen molar-refractivity contribution in [1.29, 1.82) is 0 Å². The summed E-state index contributed by atoms with van der Waals surface area (Å²) in [5, 5.41) is 1.30. The Morgan fingerprint density at radius 1 is 1.15 bits per heavy atom. The van der Waals surface area contributed by atoms with Crippen LogP contribution in [-0.2, 0) is 9.78 Å². The van der Waals surface area contributed by atoms with Gasteiger partial charge in [-0.05, 0) is 26.0 Å². The van der Waals surface area contributed by atoms with Crippen molar-refractivity contribution in [2.24, 2.45) is 0 Å². The van der Waals surface area contributed by atoms with E-state index >= 15 is 0 Å². The molecule has 1 radical (unpaired) electrons. The molecule has 0 atom stereocenters. The molecule has 0 fully saturated rings. The highest BCUT2D eigenvalue weighted by atomic mass is 28.3. The molecule has 20 heavy (non-hydrogen) atoms. The predicted molar refractivity (Wildman–Crippen MR) is 84.1 cm³/mol. The second-order valence-electron chi connectivity index (χ2n) is 5.01. The standard InChI is InChI=1S/C16H23O3Si/c1-6-20(7-2,8-3)15-11-9-14(10-12-15)16(17)19-18-13(4)5/h6,9-12H,1,7-8H2,2-5H3. The van der Waals surface area contributed by atoms with Crippen molar-refractivity contribution >= 4 is 19.2 Å². The highest BCUT2D eigenvalue weighted by molar-refractivity contribution is 6.95. The summed E-state index contributed by atoms with van der Waals surface area (Å²) in [5.41, 5.74) is 2.62. The summed E-state index contributed by atoms with van der Waals surface area (Å²) < 4.78 is 0. The fourth-order valence-corrected chi connectivity index (χ4v) is 5.13. The van der Waals surface area contributed by atoms with Crippen LogP contribution in [0.3, 0.4) is 0 Å². The van der Waals surface area contributed by atoms with E-state index in [1.807, 2.05) is 12.1 Å². The Bertz CT molecular complexity index is 447. The summed E-state index contributed by atoms with van der Waals surface area (Å²) in [4.78, 5) is 21.2. The molecule has 3 nitrogen and oxygen atoms in total. The van der Waals surface area contributed by atoms with Gasteiger partial charge in [0, 0.05) is 0 Å². The molecular weight excluding hydrogens is 268 g/mol. The molecule has 0 saturated carbocycles. The minimum Gasteiger partial charge on any atom is -0.292 e. The molecule has 109 valence electrons. The minimum absolute atomic E-state index is 0.475. The third kappa shape index (κ3) is 3.80.